The van der Waals surface area contributed by atoms with Crippen LogP contribution in [0.25, 0.3) is 0 Å². The second kappa shape index (κ2) is 15.7. The molecule has 0 unspecified atom stereocenters. The molecule has 0 aliphatic rings. The van der Waals surface area contributed by atoms with Crippen molar-refractivity contribution < 1.29 is 57.8 Å². The van der Waals surface area contributed by atoms with Crippen LogP contribution >= 0.6 is 0 Å². The van der Waals surface area contributed by atoms with E-state index in [1.165, 1.54) is 4.97 Å². The number of hydrogen-bond donors (Lipinski definition) is 0. The summed E-state index contributed by atoms with van der Waals surface area (Å²) in [6.45, 7) is 0. The normalized spacial score (nSPS) is 1.60. The fourth-order valence-electron chi connectivity index (χ4n) is 0. The van der Waals surface area contributed by atoms with E-state index in [4.69, 9.17) is 5.26 Å². The van der Waals surface area contributed by atoms with Crippen LogP contribution in [0.15, 0.2) is 0 Å². The number of rotatable bonds is 0. The van der Waals surface area contributed by atoms with Crippen LogP contribution in [0.4, 0.5) is 0 Å². The molecule has 0 aliphatic heterocycles. The standard InChI is InChI=1S/CN.Ce.Fe.K.H/c1-2;;;;. The minimum absolute atomic E-state index is 0. The van der Waals surface area contributed by atoms with Crippen LogP contribution in [-0.4, -0.2) is 51.4 Å². The van der Waals surface area contributed by atoms with E-state index in [0.29, 0.717) is 0 Å². The van der Waals surface area contributed by atoms with Crippen molar-refractivity contribution in [2.75, 3.05) is 0 Å². The van der Waals surface area contributed by atoms with Gasteiger partial charge in [0.15, 0.2) is 0 Å². The zero-order valence-corrected chi connectivity index (χ0v) is 6.05. The van der Waals surface area contributed by atoms with E-state index < -0.39 is 0 Å². The van der Waals surface area contributed by atoms with Gasteiger partial charge in [-0.15, -0.1) is 0 Å². The third-order valence-corrected chi connectivity index (χ3v) is 0. The summed E-state index contributed by atoms with van der Waals surface area (Å²) in [5, 5.41) is 7.21. The summed E-state index contributed by atoms with van der Waals surface area (Å²) < 4.78 is 0. The predicted molar refractivity (Wildman–Crippen MR) is 12.8 cm³/mol. The van der Waals surface area contributed by atoms with Crippen molar-refractivity contribution in [3.05, 3.63) is 0 Å². The predicted octanol–water partition coefficient (Wildman–Crippen LogP) is -0.634. The Balaban J connectivity index is -0.0000000200. The number of nitrogens with zero attached hydrogens (tertiary/aromatic N) is 1. The van der Waals surface area contributed by atoms with Crippen LogP contribution in [-0.2, 0) is 16.0 Å². The van der Waals surface area contributed by atoms with Crippen molar-refractivity contribution in [2.45, 2.75) is 0 Å². The van der Waals surface area contributed by atoms with E-state index in [1.807, 2.05) is 0 Å². The summed E-state index contributed by atoms with van der Waals surface area (Å²) >= 11 is 2.79. The molecule has 0 rings (SSSR count). The van der Waals surface area contributed by atoms with Crippen molar-refractivity contribution in [3.63, 3.8) is 0 Å². The number of hydrogen-bond acceptors (Lipinski definition) is 1. The van der Waals surface area contributed by atoms with Crippen LogP contribution in [0.2, 0.25) is 0 Å². The summed E-state index contributed by atoms with van der Waals surface area (Å²) in [4.78, 5) is 1.50. The van der Waals surface area contributed by atoms with Gasteiger partial charge in [-0.1, -0.05) is 0 Å². The first-order valence-corrected chi connectivity index (χ1v) is 0.952. The Morgan fingerprint density at radius 2 is 1.60 bits per heavy atom. The van der Waals surface area contributed by atoms with Gasteiger partial charge in [0.05, 0.1) is 0 Å². The van der Waals surface area contributed by atoms with Crippen molar-refractivity contribution in [1.82, 2.24) is 0 Å². The second-order valence-electron chi connectivity index (χ2n) is 0.0791. The van der Waals surface area contributed by atoms with Gasteiger partial charge in [-0.2, -0.15) is 0 Å². The molecule has 0 atom stereocenters. The van der Waals surface area contributed by atoms with Crippen LogP contribution in [0.1, 0.15) is 0 Å². The van der Waals surface area contributed by atoms with Gasteiger partial charge in [0, 0.05) is 41.7 Å². The van der Waals surface area contributed by atoms with Gasteiger partial charge in [0.25, 0.3) is 0 Å². The van der Waals surface area contributed by atoms with E-state index >= 15 is 0 Å². The Bertz CT molecular complexity index is 33.1. The molecule has 0 saturated heterocycles. The van der Waals surface area contributed by atoms with E-state index in [9.17, 15) is 0 Å². The molecule has 0 aliphatic carbocycles. The van der Waals surface area contributed by atoms with E-state index in [-0.39, 0.29) is 93.1 Å². The molecule has 0 aromatic heterocycles. The Hall–Kier alpha value is 3.02. The summed E-state index contributed by atoms with van der Waals surface area (Å²) in [7, 11) is 0. The molecule has 5 heavy (non-hydrogen) atoms. The third-order valence-electron chi connectivity index (χ3n) is 0. The average molecular weight is 262 g/mol. The molecule has 0 amide bonds. The Labute approximate surface area is 116 Å². The monoisotopic (exact) mass is 262 g/mol. The Morgan fingerprint density at radius 1 is 1.60 bits per heavy atom. The van der Waals surface area contributed by atoms with Gasteiger partial charge in [-0.05, 0) is 0 Å². The molecule has 0 aromatic carbocycles. The molecular weight excluding hydrogens is 261 g/mol. The molecule has 0 radical (unpaired) electrons. The van der Waals surface area contributed by atoms with Crippen molar-refractivity contribution >= 4 is 51.4 Å². The SMILES string of the molecule is N#[C][Fe].[Ce].[KH]. The summed E-state index contributed by atoms with van der Waals surface area (Å²) in [6, 6.07) is 0. The van der Waals surface area contributed by atoms with Crippen LogP contribution in [0.5, 0.6) is 0 Å². The van der Waals surface area contributed by atoms with Gasteiger partial charge in [-0.25, -0.2) is 0 Å². The Kier molecular flexibility index (Phi) is 49.4. The molecule has 23 valence electrons. The second-order valence-corrected chi connectivity index (χ2v) is 0.326. The van der Waals surface area contributed by atoms with Crippen molar-refractivity contribution in [3.8, 4) is 4.97 Å². The molecule has 0 aromatic rings. The molecule has 4 heteroatoms. The molecule has 0 fully saturated rings. The van der Waals surface area contributed by atoms with E-state index in [2.05, 4.69) is 16.0 Å². The first-order valence-electron chi connectivity index (χ1n) is 0.400. The van der Waals surface area contributed by atoms with Gasteiger partial charge < -0.3 is 0 Å². The first-order chi connectivity index (χ1) is 1.41. The van der Waals surface area contributed by atoms with E-state index in [0.717, 1.165) is 0 Å². The van der Waals surface area contributed by atoms with Gasteiger partial charge >= 0.3 is 77.6 Å². The summed E-state index contributed by atoms with van der Waals surface area (Å²) in [5.41, 5.74) is 0. The quantitative estimate of drug-likeness (QED) is 0.533. The maximum absolute atomic E-state index is 7.21. The zero-order chi connectivity index (χ0) is 2.71. The minimum atomic E-state index is 0. The van der Waals surface area contributed by atoms with Gasteiger partial charge in [0.2, 0.25) is 0 Å². The third kappa shape index (κ3) is 19.4. The topological polar surface area (TPSA) is 23.8 Å². The molecule has 0 bridgehead atoms. The number of nitriles is 1. The first kappa shape index (κ1) is 15.7. The Morgan fingerprint density at radius 3 is 1.60 bits per heavy atom. The van der Waals surface area contributed by atoms with Crippen LogP contribution in [0, 0.1) is 52.0 Å². The van der Waals surface area contributed by atoms with Crippen LogP contribution < -0.4 is 0 Å². The molecule has 0 saturated carbocycles. The summed E-state index contributed by atoms with van der Waals surface area (Å²) in [6.07, 6.45) is 0. The maximum atomic E-state index is 7.21. The molecular formula is CHCeFeKN. The average Bonchev–Trinajstić information content (AvgIpc) is 0.918. The van der Waals surface area contributed by atoms with E-state index in [1.54, 1.807) is 0 Å². The summed E-state index contributed by atoms with van der Waals surface area (Å²) in [5.74, 6) is 0. The van der Waals surface area contributed by atoms with Gasteiger partial charge in [0.1, 0.15) is 0 Å². The fraction of sp³-hybridized carbons (Fsp3) is 0. The molecule has 0 N–H and O–H groups in total. The molecule has 0 spiro atoms. The van der Waals surface area contributed by atoms with Gasteiger partial charge in [-0.3, -0.25) is 0 Å². The fourth-order valence-corrected chi connectivity index (χ4v) is 0. The molecule has 0 heterocycles. The van der Waals surface area contributed by atoms with Crippen molar-refractivity contribution in [1.29, 1.82) is 5.26 Å². The molecule has 1 nitrogen and oxygen atoms in total. The van der Waals surface area contributed by atoms with Crippen molar-refractivity contribution in [2.24, 2.45) is 0 Å². The zero-order valence-electron chi connectivity index (χ0n) is 1.80. The van der Waals surface area contributed by atoms with Crippen LogP contribution in [0.3, 0.4) is 0 Å².